The van der Waals surface area contributed by atoms with Crippen molar-refractivity contribution in [2.24, 2.45) is 0 Å². The van der Waals surface area contributed by atoms with Gasteiger partial charge in [-0.3, -0.25) is 4.79 Å². The lowest BCUT2D eigenvalue weighted by Gasteiger charge is -2.26. The van der Waals surface area contributed by atoms with Crippen molar-refractivity contribution in [3.05, 3.63) is 89.5 Å². The van der Waals surface area contributed by atoms with Gasteiger partial charge in [0.15, 0.2) is 0 Å². The van der Waals surface area contributed by atoms with Gasteiger partial charge in [0, 0.05) is 35.8 Å². The number of ether oxygens (including phenoxy) is 1. The van der Waals surface area contributed by atoms with E-state index in [1.807, 2.05) is 54.6 Å². The molecule has 6 rings (SSSR count). The fourth-order valence-electron chi connectivity index (χ4n) is 4.88. The zero-order valence-electron chi connectivity index (χ0n) is 20.6. The first-order valence-electron chi connectivity index (χ1n) is 12.6. The minimum Gasteiger partial charge on any atom is -0.491 e. The van der Waals surface area contributed by atoms with Crippen LogP contribution in [-0.4, -0.2) is 56.2 Å². The van der Waals surface area contributed by atoms with E-state index in [0.717, 1.165) is 41.7 Å². The highest BCUT2D eigenvalue weighted by Gasteiger charge is 2.28. The lowest BCUT2D eigenvalue weighted by molar-refractivity contribution is 0.0949. The summed E-state index contributed by atoms with van der Waals surface area (Å²) in [6, 6.07) is 19.2. The molecule has 38 heavy (non-hydrogen) atoms. The Labute approximate surface area is 224 Å². The fourth-order valence-corrected chi connectivity index (χ4v) is 5.01. The van der Waals surface area contributed by atoms with E-state index >= 15 is 0 Å². The third kappa shape index (κ3) is 4.97. The highest BCUT2D eigenvalue weighted by Crippen LogP contribution is 2.29. The van der Waals surface area contributed by atoms with Gasteiger partial charge in [-0.2, -0.15) is 14.6 Å². The summed E-state index contributed by atoms with van der Waals surface area (Å²) in [6.45, 7) is 1.85. The van der Waals surface area contributed by atoms with Crippen LogP contribution in [0.1, 0.15) is 28.9 Å². The summed E-state index contributed by atoms with van der Waals surface area (Å²) in [5.74, 6) is 1.92. The van der Waals surface area contributed by atoms with Crippen molar-refractivity contribution < 1.29 is 9.53 Å². The van der Waals surface area contributed by atoms with Gasteiger partial charge in [0.05, 0.1) is 11.6 Å². The number of aromatic nitrogens is 5. The maximum Gasteiger partial charge on any atom is 0.270 e. The van der Waals surface area contributed by atoms with Gasteiger partial charge in [-0.1, -0.05) is 35.9 Å². The van der Waals surface area contributed by atoms with E-state index in [0.29, 0.717) is 41.8 Å². The zero-order valence-corrected chi connectivity index (χ0v) is 21.4. The van der Waals surface area contributed by atoms with Crippen molar-refractivity contribution in [2.75, 3.05) is 24.6 Å². The molecular formula is C28H26ClN7O2. The van der Waals surface area contributed by atoms with Crippen molar-refractivity contribution in [1.29, 1.82) is 0 Å². The van der Waals surface area contributed by atoms with Crippen molar-refractivity contribution in [3.8, 4) is 5.75 Å². The zero-order chi connectivity index (χ0) is 25.9. The van der Waals surface area contributed by atoms with Gasteiger partial charge >= 0.3 is 0 Å². The molecule has 1 fully saturated rings. The molecule has 10 heteroatoms. The first kappa shape index (κ1) is 24.1. The molecular weight excluding hydrogens is 502 g/mol. The van der Waals surface area contributed by atoms with E-state index in [1.165, 1.54) is 6.33 Å². The Kier molecular flexibility index (Phi) is 6.75. The van der Waals surface area contributed by atoms with E-state index in [-0.39, 0.29) is 11.9 Å². The average molecular weight is 528 g/mol. The summed E-state index contributed by atoms with van der Waals surface area (Å²) in [6.07, 6.45) is 6.00. The summed E-state index contributed by atoms with van der Waals surface area (Å²) in [4.78, 5) is 28.4. The minimum absolute atomic E-state index is 0.147. The van der Waals surface area contributed by atoms with Crippen LogP contribution < -0.4 is 15.0 Å². The van der Waals surface area contributed by atoms with Crippen LogP contribution in [0.5, 0.6) is 5.75 Å². The Morgan fingerprint density at radius 3 is 2.87 bits per heavy atom. The number of para-hydroxylation sites is 1. The molecule has 1 saturated heterocycles. The normalized spacial score (nSPS) is 15.3. The Hall–Kier alpha value is -4.24. The lowest BCUT2D eigenvalue weighted by atomic mass is 10.1. The van der Waals surface area contributed by atoms with Gasteiger partial charge < -0.3 is 15.0 Å². The largest absolute Gasteiger partial charge is 0.491 e. The van der Waals surface area contributed by atoms with Gasteiger partial charge in [-0.15, -0.1) is 0 Å². The Morgan fingerprint density at radius 1 is 1.11 bits per heavy atom. The van der Waals surface area contributed by atoms with Gasteiger partial charge in [-0.05, 0) is 55.2 Å². The minimum atomic E-state index is -0.234. The molecule has 5 aromatic rings. The SMILES string of the molecule is O=C(NCCc1ccc(Cl)cc1)c1cc(OC[C@H]2CCCN2c2ccnc3ncnn23)c2ccccc2n1. The van der Waals surface area contributed by atoms with E-state index in [4.69, 9.17) is 16.3 Å². The van der Waals surface area contributed by atoms with Crippen molar-refractivity contribution in [3.63, 3.8) is 0 Å². The number of benzene rings is 2. The molecule has 1 N–H and O–H groups in total. The van der Waals surface area contributed by atoms with E-state index < -0.39 is 0 Å². The number of carbonyl (C=O) groups excluding carboxylic acids is 1. The second-order valence-corrected chi connectivity index (χ2v) is 9.67. The molecule has 0 saturated carbocycles. The number of nitrogens with zero attached hydrogens (tertiary/aromatic N) is 6. The third-order valence-corrected chi connectivity index (χ3v) is 7.04. The topological polar surface area (TPSA) is 97.5 Å². The molecule has 0 spiro atoms. The van der Waals surface area contributed by atoms with Crippen LogP contribution in [0.15, 0.2) is 73.2 Å². The quantitative estimate of drug-likeness (QED) is 0.320. The predicted octanol–water partition coefficient (Wildman–Crippen LogP) is 4.35. The summed E-state index contributed by atoms with van der Waals surface area (Å²) in [5, 5.41) is 8.88. The van der Waals surface area contributed by atoms with Gasteiger partial charge in [0.2, 0.25) is 0 Å². The molecule has 4 heterocycles. The van der Waals surface area contributed by atoms with Crippen molar-refractivity contribution >= 4 is 40.0 Å². The first-order chi connectivity index (χ1) is 18.7. The lowest BCUT2D eigenvalue weighted by Crippen LogP contribution is -2.35. The van der Waals surface area contributed by atoms with Crippen LogP contribution in [0.2, 0.25) is 5.02 Å². The number of anilines is 1. The molecule has 3 aromatic heterocycles. The molecule has 1 amide bonds. The maximum absolute atomic E-state index is 13.0. The molecule has 0 bridgehead atoms. The van der Waals surface area contributed by atoms with Gasteiger partial charge in [-0.25, -0.2) is 9.97 Å². The average Bonchev–Trinajstić information content (AvgIpc) is 3.62. The fraction of sp³-hybridized carbons (Fsp3) is 0.250. The van der Waals surface area contributed by atoms with Crippen LogP contribution in [0, 0.1) is 0 Å². The second-order valence-electron chi connectivity index (χ2n) is 9.23. The number of nitrogens with one attached hydrogen (secondary N) is 1. The number of rotatable bonds is 8. The second kappa shape index (κ2) is 10.6. The monoisotopic (exact) mass is 527 g/mol. The van der Waals surface area contributed by atoms with Crippen LogP contribution >= 0.6 is 11.6 Å². The molecule has 192 valence electrons. The molecule has 1 aliphatic heterocycles. The number of hydrogen-bond donors (Lipinski definition) is 1. The standard InChI is InChI=1S/C28H26ClN7O2/c29-20-9-7-19(8-10-20)11-13-30-27(37)24-16-25(22-5-1-2-6-23(22)34-24)38-17-21-4-3-15-35(21)26-12-14-31-28-32-18-33-36(26)28/h1-2,5-10,12,14,16,18,21H,3-4,11,13,15,17H2,(H,30,37)/t21-/m1/s1. The number of pyridine rings is 1. The number of fused-ring (bicyclic) bond motifs is 2. The van der Waals surface area contributed by atoms with E-state index in [9.17, 15) is 4.79 Å². The van der Waals surface area contributed by atoms with E-state index in [2.05, 4.69) is 30.3 Å². The number of carbonyl (C=O) groups is 1. The number of amides is 1. The summed E-state index contributed by atoms with van der Waals surface area (Å²) in [5.41, 5.74) is 2.15. The Bertz CT molecular complexity index is 1590. The summed E-state index contributed by atoms with van der Waals surface area (Å²) in [7, 11) is 0. The van der Waals surface area contributed by atoms with Crippen molar-refractivity contribution in [2.45, 2.75) is 25.3 Å². The maximum atomic E-state index is 13.0. The number of hydrogen-bond acceptors (Lipinski definition) is 7. The van der Waals surface area contributed by atoms with Crippen LogP contribution in [0.4, 0.5) is 5.82 Å². The van der Waals surface area contributed by atoms with E-state index in [1.54, 1.807) is 16.8 Å². The highest BCUT2D eigenvalue weighted by atomic mass is 35.5. The molecule has 1 aliphatic rings. The Balaban J connectivity index is 1.18. The molecule has 9 nitrogen and oxygen atoms in total. The summed E-state index contributed by atoms with van der Waals surface area (Å²) >= 11 is 5.96. The van der Waals surface area contributed by atoms with Crippen LogP contribution in [0.3, 0.4) is 0 Å². The van der Waals surface area contributed by atoms with Crippen molar-refractivity contribution in [1.82, 2.24) is 29.9 Å². The number of halogens is 1. The smallest absolute Gasteiger partial charge is 0.270 e. The molecule has 2 aromatic carbocycles. The molecule has 1 atom stereocenters. The highest BCUT2D eigenvalue weighted by molar-refractivity contribution is 6.30. The summed E-state index contributed by atoms with van der Waals surface area (Å²) < 4.78 is 8.15. The molecule has 0 radical (unpaired) electrons. The van der Waals surface area contributed by atoms with Gasteiger partial charge in [0.1, 0.15) is 30.2 Å². The molecule has 0 unspecified atom stereocenters. The third-order valence-electron chi connectivity index (χ3n) is 6.79. The Morgan fingerprint density at radius 2 is 1.97 bits per heavy atom. The first-order valence-corrected chi connectivity index (χ1v) is 13.0. The van der Waals surface area contributed by atoms with Crippen LogP contribution in [-0.2, 0) is 6.42 Å². The predicted molar refractivity (Wildman–Crippen MR) is 146 cm³/mol. The van der Waals surface area contributed by atoms with Crippen LogP contribution in [0.25, 0.3) is 16.7 Å². The molecule has 0 aliphatic carbocycles. The van der Waals surface area contributed by atoms with Gasteiger partial charge in [0.25, 0.3) is 11.7 Å².